The molecule has 0 aromatic heterocycles. The normalized spacial score (nSPS) is 9.94. The van der Waals surface area contributed by atoms with E-state index in [9.17, 15) is 4.79 Å². The first-order chi connectivity index (χ1) is 8.29. The molecule has 2 aromatic carbocycles. The summed E-state index contributed by atoms with van der Waals surface area (Å²) >= 11 is 1.65. The van der Waals surface area contributed by atoms with Gasteiger partial charge in [0, 0.05) is 22.4 Å². The number of nitrogens with one attached hydrogen (secondary N) is 1. The van der Waals surface area contributed by atoms with E-state index in [0.717, 1.165) is 4.90 Å². The van der Waals surface area contributed by atoms with E-state index in [4.69, 9.17) is 0 Å². The fraction of sp³-hybridized carbons (Fsp3) is 0.0714. The van der Waals surface area contributed by atoms with Crippen LogP contribution in [0.3, 0.4) is 0 Å². The zero-order valence-electron chi connectivity index (χ0n) is 9.51. The third-order valence-electron chi connectivity index (χ3n) is 2.30. The van der Waals surface area contributed by atoms with E-state index < -0.39 is 0 Å². The van der Waals surface area contributed by atoms with Crippen LogP contribution >= 0.6 is 11.8 Å². The smallest absolute Gasteiger partial charge is 0.251 e. The Morgan fingerprint density at radius 3 is 2.41 bits per heavy atom. The van der Waals surface area contributed by atoms with Gasteiger partial charge in [-0.15, -0.1) is 0 Å². The van der Waals surface area contributed by atoms with Crippen LogP contribution in [0.15, 0.2) is 64.4 Å². The number of hydrogen-bond donors (Lipinski definition) is 1. The fourth-order valence-electron chi connectivity index (χ4n) is 1.47. The number of carbonyl (C=O) groups excluding carboxylic acids is 1. The first kappa shape index (κ1) is 11.7. The Morgan fingerprint density at radius 1 is 1.00 bits per heavy atom. The average molecular weight is 243 g/mol. The van der Waals surface area contributed by atoms with Crippen molar-refractivity contribution in [3.63, 3.8) is 0 Å². The SMILES string of the molecule is CNC(=O)c1cccc(Sc2ccccc2)c1. The molecule has 86 valence electrons. The lowest BCUT2D eigenvalue weighted by Crippen LogP contribution is -2.17. The second kappa shape index (κ2) is 5.55. The standard InChI is InChI=1S/C14H13NOS/c1-15-14(16)11-6-5-9-13(10-11)17-12-7-3-2-4-8-12/h2-10H,1H3,(H,15,16). The van der Waals surface area contributed by atoms with E-state index in [2.05, 4.69) is 17.4 Å². The highest BCUT2D eigenvalue weighted by Crippen LogP contribution is 2.27. The Morgan fingerprint density at radius 2 is 1.71 bits per heavy atom. The molecule has 0 fully saturated rings. The van der Waals surface area contributed by atoms with Gasteiger partial charge in [-0.2, -0.15) is 0 Å². The van der Waals surface area contributed by atoms with Gasteiger partial charge in [-0.3, -0.25) is 4.79 Å². The summed E-state index contributed by atoms with van der Waals surface area (Å²) in [6.45, 7) is 0. The molecule has 0 saturated heterocycles. The summed E-state index contributed by atoms with van der Waals surface area (Å²) in [6, 6.07) is 17.7. The van der Waals surface area contributed by atoms with Crippen molar-refractivity contribution in [3.8, 4) is 0 Å². The van der Waals surface area contributed by atoms with E-state index in [1.165, 1.54) is 4.90 Å². The summed E-state index contributed by atoms with van der Waals surface area (Å²) in [5.41, 5.74) is 0.688. The van der Waals surface area contributed by atoms with Crippen molar-refractivity contribution in [1.29, 1.82) is 0 Å². The number of benzene rings is 2. The van der Waals surface area contributed by atoms with Crippen LogP contribution in [0.1, 0.15) is 10.4 Å². The molecule has 0 atom stereocenters. The lowest BCUT2D eigenvalue weighted by molar-refractivity contribution is 0.0963. The Balaban J connectivity index is 2.20. The van der Waals surface area contributed by atoms with Gasteiger partial charge in [0.25, 0.3) is 5.91 Å². The molecule has 0 unspecified atom stereocenters. The molecule has 0 radical (unpaired) electrons. The van der Waals surface area contributed by atoms with Crippen LogP contribution in [0.25, 0.3) is 0 Å². The van der Waals surface area contributed by atoms with Crippen molar-refractivity contribution < 1.29 is 4.79 Å². The van der Waals surface area contributed by atoms with Crippen LogP contribution in [0.5, 0.6) is 0 Å². The summed E-state index contributed by atoms with van der Waals surface area (Å²) in [5, 5.41) is 2.62. The highest BCUT2D eigenvalue weighted by molar-refractivity contribution is 7.99. The molecule has 0 aliphatic heterocycles. The minimum atomic E-state index is -0.0551. The molecular formula is C14H13NOS. The molecule has 0 saturated carbocycles. The monoisotopic (exact) mass is 243 g/mol. The van der Waals surface area contributed by atoms with Gasteiger partial charge >= 0.3 is 0 Å². The summed E-state index contributed by atoms with van der Waals surface area (Å²) in [6.07, 6.45) is 0. The predicted molar refractivity (Wildman–Crippen MR) is 70.4 cm³/mol. The van der Waals surface area contributed by atoms with Gasteiger partial charge in [0.15, 0.2) is 0 Å². The average Bonchev–Trinajstić information content (AvgIpc) is 2.39. The Kier molecular flexibility index (Phi) is 3.83. The van der Waals surface area contributed by atoms with Crippen LogP contribution < -0.4 is 5.32 Å². The minimum Gasteiger partial charge on any atom is -0.355 e. The zero-order valence-corrected chi connectivity index (χ0v) is 10.3. The molecule has 1 N–H and O–H groups in total. The molecule has 2 rings (SSSR count). The minimum absolute atomic E-state index is 0.0551. The van der Waals surface area contributed by atoms with Crippen molar-refractivity contribution >= 4 is 17.7 Å². The molecule has 2 aromatic rings. The van der Waals surface area contributed by atoms with Crippen molar-refractivity contribution in [2.45, 2.75) is 9.79 Å². The molecule has 0 heterocycles. The summed E-state index contributed by atoms with van der Waals surface area (Å²) in [5.74, 6) is -0.0551. The Hall–Kier alpha value is -1.74. The van der Waals surface area contributed by atoms with Gasteiger partial charge in [-0.25, -0.2) is 0 Å². The van der Waals surface area contributed by atoms with E-state index in [-0.39, 0.29) is 5.91 Å². The number of rotatable bonds is 3. The molecule has 1 amide bonds. The predicted octanol–water partition coefficient (Wildman–Crippen LogP) is 3.20. The largest absolute Gasteiger partial charge is 0.355 e. The second-order valence-corrected chi connectivity index (χ2v) is 4.67. The summed E-state index contributed by atoms with van der Waals surface area (Å²) in [7, 11) is 1.64. The topological polar surface area (TPSA) is 29.1 Å². The van der Waals surface area contributed by atoms with Crippen LogP contribution in [0, 0.1) is 0 Å². The van der Waals surface area contributed by atoms with Crippen LogP contribution in [-0.2, 0) is 0 Å². The van der Waals surface area contributed by atoms with Crippen molar-refractivity contribution in [2.24, 2.45) is 0 Å². The Labute approximate surface area is 105 Å². The summed E-state index contributed by atoms with van der Waals surface area (Å²) < 4.78 is 0. The lowest BCUT2D eigenvalue weighted by Gasteiger charge is -2.04. The molecule has 0 spiro atoms. The highest BCUT2D eigenvalue weighted by atomic mass is 32.2. The van der Waals surface area contributed by atoms with E-state index in [1.807, 2.05) is 42.5 Å². The van der Waals surface area contributed by atoms with E-state index in [0.29, 0.717) is 5.56 Å². The maximum atomic E-state index is 11.5. The molecule has 17 heavy (non-hydrogen) atoms. The molecule has 2 nitrogen and oxygen atoms in total. The Bertz CT molecular complexity index is 511. The molecule has 0 aliphatic rings. The summed E-state index contributed by atoms with van der Waals surface area (Å²) in [4.78, 5) is 13.7. The quantitative estimate of drug-likeness (QED) is 0.897. The number of amides is 1. The molecule has 3 heteroatoms. The van der Waals surface area contributed by atoms with Crippen molar-refractivity contribution in [2.75, 3.05) is 7.05 Å². The number of carbonyl (C=O) groups is 1. The first-order valence-corrected chi connectivity index (χ1v) is 6.16. The third-order valence-corrected chi connectivity index (χ3v) is 3.30. The van der Waals surface area contributed by atoms with Crippen LogP contribution in [0.2, 0.25) is 0 Å². The van der Waals surface area contributed by atoms with Gasteiger partial charge in [0.05, 0.1) is 0 Å². The molecule has 0 aliphatic carbocycles. The second-order valence-electron chi connectivity index (χ2n) is 3.52. The van der Waals surface area contributed by atoms with Gasteiger partial charge in [-0.05, 0) is 30.3 Å². The highest BCUT2D eigenvalue weighted by Gasteiger charge is 2.04. The molecule has 0 bridgehead atoms. The lowest BCUT2D eigenvalue weighted by atomic mass is 10.2. The van der Waals surface area contributed by atoms with Gasteiger partial charge in [0.1, 0.15) is 0 Å². The first-order valence-electron chi connectivity index (χ1n) is 5.34. The number of hydrogen-bond acceptors (Lipinski definition) is 2. The van der Waals surface area contributed by atoms with Crippen molar-refractivity contribution in [3.05, 3.63) is 60.2 Å². The molecular weight excluding hydrogens is 230 g/mol. The maximum absolute atomic E-state index is 11.5. The zero-order chi connectivity index (χ0) is 12.1. The van der Waals surface area contributed by atoms with Gasteiger partial charge in [-0.1, -0.05) is 36.0 Å². The van der Waals surface area contributed by atoms with Crippen molar-refractivity contribution in [1.82, 2.24) is 5.32 Å². The maximum Gasteiger partial charge on any atom is 0.251 e. The van der Waals surface area contributed by atoms with Gasteiger partial charge in [0.2, 0.25) is 0 Å². The van der Waals surface area contributed by atoms with Crippen LogP contribution in [0.4, 0.5) is 0 Å². The van der Waals surface area contributed by atoms with Gasteiger partial charge < -0.3 is 5.32 Å². The van der Waals surface area contributed by atoms with E-state index >= 15 is 0 Å². The third kappa shape index (κ3) is 3.11. The van der Waals surface area contributed by atoms with Crippen LogP contribution in [-0.4, -0.2) is 13.0 Å². The van der Waals surface area contributed by atoms with E-state index in [1.54, 1.807) is 18.8 Å². The fourth-order valence-corrected chi connectivity index (χ4v) is 2.37.